The van der Waals surface area contributed by atoms with Gasteiger partial charge in [0, 0.05) is 30.1 Å². The molecule has 124 valence electrons. The fourth-order valence-corrected chi connectivity index (χ4v) is 2.94. The molecule has 0 bridgehead atoms. The van der Waals surface area contributed by atoms with E-state index in [2.05, 4.69) is 10.1 Å². The van der Waals surface area contributed by atoms with Gasteiger partial charge in [0.1, 0.15) is 0 Å². The normalized spacial score (nSPS) is 20.3. The van der Waals surface area contributed by atoms with Gasteiger partial charge in [0.25, 0.3) is 11.8 Å². The van der Waals surface area contributed by atoms with E-state index in [4.69, 9.17) is 9.63 Å². The molecular weight excluding hydrogens is 310 g/mol. The molecule has 1 aromatic carbocycles. The number of carbonyl (C=O) groups excluding carboxylic acids is 1. The molecule has 1 aliphatic heterocycles. The summed E-state index contributed by atoms with van der Waals surface area (Å²) in [5, 5.41) is 13.0. The Morgan fingerprint density at radius 2 is 1.92 bits per heavy atom. The maximum Gasteiger partial charge on any atom is 0.308 e. The third-order valence-electron chi connectivity index (χ3n) is 4.59. The minimum absolute atomic E-state index is 0.144. The van der Waals surface area contributed by atoms with Crippen molar-refractivity contribution in [3.8, 4) is 11.5 Å². The number of aliphatic carboxylic acids is 1. The highest BCUT2D eigenvalue weighted by Crippen LogP contribution is 2.38. The van der Waals surface area contributed by atoms with E-state index in [1.54, 1.807) is 29.2 Å². The van der Waals surface area contributed by atoms with Crippen LogP contribution in [0.15, 0.2) is 28.8 Å². The van der Waals surface area contributed by atoms with Crippen LogP contribution in [0.5, 0.6) is 0 Å². The number of rotatable bonds is 4. The zero-order chi connectivity index (χ0) is 16.7. The van der Waals surface area contributed by atoms with Gasteiger partial charge in [-0.25, -0.2) is 0 Å². The standard InChI is InChI=1S/C17H17N3O4/c21-16(20-8-7-13(9-20)17(22)23)12-5-3-11(4-6-12)15-18-14(19-24-15)10-1-2-10/h3-6,10,13H,1-2,7-9H2,(H,22,23)/t13-/m1/s1. The molecule has 2 aromatic rings. The largest absolute Gasteiger partial charge is 0.481 e. The summed E-state index contributed by atoms with van der Waals surface area (Å²) in [5.41, 5.74) is 1.31. The van der Waals surface area contributed by atoms with Crippen LogP contribution in [0.2, 0.25) is 0 Å². The Balaban J connectivity index is 1.47. The summed E-state index contributed by atoms with van der Waals surface area (Å²) in [7, 11) is 0. The first-order valence-electron chi connectivity index (χ1n) is 8.08. The second-order valence-corrected chi connectivity index (χ2v) is 6.38. The van der Waals surface area contributed by atoms with Crippen LogP contribution in [-0.4, -0.2) is 45.1 Å². The number of amides is 1. The molecular formula is C17H17N3O4. The highest BCUT2D eigenvalue weighted by atomic mass is 16.5. The maximum absolute atomic E-state index is 12.4. The van der Waals surface area contributed by atoms with E-state index < -0.39 is 11.9 Å². The van der Waals surface area contributed by atoms with E-state index >= 15 is 0 Å². The summed E-state index contributed by atoms with van der Waals surface area (Å²) in [6.45, 7) is 0.746. The second kappa shape index (κ2) is 5.74. The zero-order valence-corrected chi connectivity index (χ0v) is 13.0. The summed E-state index contributed by atoms with van der Waals surface area (Å²) in [5.74, 6) is 0.191. The number of carboxylic acid groups (broad SMARTS) is 1. The molecule has 0 radical (unpaired) electrons. The van der Waals surface area contributed by atoms with Crippen LogP contribution in [0.3, 0.4) is 0 Å². The number of aromatic nitrogens is 2. The van der Waals surface area contributed by atoms with Crippen LogP contribution >= 0.6 is 0 Å². The van der Waals surface area contributed by atoms with Gasteiger partial charge in [-0.1, -0.05) is 5.16 Å². The van der Waals surface area contributed by atoms with Crippen molar-refractivity contribution in [3.05, 3.63) is 35.7 Å². The van der Waals surface area contributed by atoms with E-state index in [1.807, 2.05) is 0 Å². The average Bonchev–Trinajstić information content (AvgIpc) is 3.13. The SMILES string of the molecule is O=C(O)[C@@H]1CCN(C(=O)c2ccc(-c3nc(C4CC4)no3)cc2)C1. The third kappa shape index (κ3) is 2.77. The molecule has 1 N–H and O–H groups in total. The van der Waals surface area contributed by atoms with E-state index in [1.165, 1.54) is 0 Å². The van der Waals surface area contributed by atoms with Crippen molar-refractivity contribution < 1.29 is 19.2 Å². The van der Waals surface area contributed by atoms with Crippen LogP contribution in [0, 0.1) is 5.92 Å². The molecule has 4 rings (SSSR count). The summed E-state index contributed by atoms with van der Waals surface area (Å²) >= 11 is 0. The van der Waals surface area contributed by atoms with Gasteiger partial charge in [0.2, 0.25) is 0 Å². The van der Waals surface area contributed by atoms with Gasteiger partial charge >= 0.3 is 5.97 Å². The minimum Gasteiger partial charge on any atom is -0.481 e. The van der Waals surface area contributed by atoms with Crippen molar-refractivity contribution in [2.45, 2.75) is 25.2 Å². The fourth-order valence-electron chi connectivity index (χ4n) is 2.94. The first-order valence-corrected chi connectivity index (χ1v) is 8.08. The molecule has 24 heavy (non-hydrogen) atoms. The Kier molecular flexibility index (Phi) is 3.55. The molecule has 1 atom stereocenters. The molecule has 0 unspecified atom stereocenters. The monoisotopic (exact) mass is 327 g/mol. The Bertz CT molecular complexity index is 779. The summed E-state index contributed by atoms with van der Waals surface area (Å²) in [6.07, 6.45) is 2.73. The van der Waals surface area contributed by atoms with Crippen molar-refractivity contribution in [3.63, 3.8) is 0 Å². The fraction of sp³-hybridized carbons (Fsp3) is 0.412. The lowest BCUT2D eigenvalue weighted by molar-refractivity contribution is -0.141. The van der Waals surface area contributed by atoms with E-state index in [0.717, 1.165) is 24.2 Å². The smallest absolute Gasteiger partial charge is 0.308 e. The number of benzene rings is 1. The lowest BCUT2D eigenvalue weighted by atomic mass is 10.1. The van der Waals surface area contributed by atoms with E-state index in [9.17, 15) is 9.59 Å². The Hall–Kier alpha value is -2.70. The van der Waals surface area contributed by atoms with Crippen molar-refractivity contribution >= 4 is 11.9 Å². The molecule has 2 aliphatic rings. The van der Waals surface area contributed by atoms with Gasteiger partial charge in [-0.05, 0) is 43.5 Å². The van der Waals surface area contributed by atoms with Gasteiger partial charge < -0.3 is 14.5 Å². The number of hydrogen-bond donors (Lipinski definition) is 1. The van der Waals surface area contributed by atoms with Crippen LogP contribution in [0.25, 0.3) is 11.5 Å². The second-order valence-electron chi connectivity index (χ2n) is 6.38. The summed E-state index contributed by atoms with van der Waals surface area (Å²) in [4.78, 5) is 29.4. The molecule has 0 spiro atoms. The van der Waals surface area contributed by atoms with E-state index in [0.29, 0.717) is 30.3 Å². The Labute approximate surface area is 138 Å². The first-order chi connectivity index (χ1) is 11.6. The van der Waals surface area contributed by atoms with Crippen LogP contribution in [0.4, 0.5) is 0 Å². The van der Waals surface area contributed by atoms with Gasteiger partial charge in [-0.3, -0.25) is 9.59 Å². The molecule has 1 amide bonds. The van der Waals surface area contributed by atoms with Crippen molar-refractivity contribution in [1.29, 1.82) is 0 Å². The predicted molar refractivity (Wildman–Crippen MR) is 83.4 cm³/mol. The van der Waals surface area contributed by atoms with Gasteiger partial charge in [-0.15, -0.1) is 0 Å². The number of likely N-dealkylation sites (tertiary alicyclic amines) is 1. The highest BCUT2D eigenvalue weighted by molar-refractivity contribution is 5.95. The summed E-state index contributed by atoms with van der Waals surface area (Å²) < 4.78 is 5.27. The van der Waals surface area contributed by atoms with Crippen LogP contribution in [-0.2, 0) is 4.79 Å². The Morgan fingerprint density at radius 1 is 1.17 bits per heavy atom. The van der Waals surface area contributed by atoms with Gasteiger partial charge in [-0.2, -0.15) is 4.98 Å². The quantitative estimate of drug-likeness (QED) is 0.924. The molecule has 1 aromatic heterocycles. The molecule has 2 heterocycles. The predicted octanol–water partition coefficient (Wildman–Crippen LogP) is 2.16. The van der Waals surface area contributed by atoms with Gasteiger partial charge in [0.05, 0.1) is 5.92 Å². The molecule has 1 aliphatic carbocycles. The van der Waals surface area contributed by atoms with Crippen molar-refractivity contribution in [2.24, 2.45) is 5.92 Å². The van der Waals surface area contributed by atoms with E-state index in [-0.39, 0.29) is 12.5 Å². The number of carboxylic acids is 1. The number of hydrogen-bond acceptors (Lipinski definition) is 5. The molecule has 1 saturated carbocycles. The summed E-state index contributed by atoms with van der Waals surface area (Å²) in [6, 6.07) is 6.99. The first kappa shape index (κ1) is 14.9. The van der Waals surface area contributed by atoms with Crippen molar-refractivity contribution in [2.75, 3.05) is 13.1 Å². The number of nitrogens with zero attached hydrogens (tertiary/aromatic N) is 3. The van der Waals surface area contributed by atoms with Crippen molar-refractivity contribution in [1.82, 2.24) is 15.0 Å². The van der Waals surface area contributed by atoms with Gasteiger partial charge in [0.15, 0.2) is 5.82 Å². The van der Waals surface area contributed by atoms with Crippen LogP contribution in [0.1, 0.15) is 41.4 Å². The molecule has 1 saturated heterocycles. The molecule has 2 fully saturated rings. The lowest BCUT2D eigenvalue weighted by Gasteiger charge is -2.15. The Morgan fingerprint density at radius 3 is 2.54 bits per heavy atom. The maximum atomic E-state index is 12.4. The highest BCUT2D eigenvalue weighted by Gasteiger charge is 2.31. The zero-order valence-electron chi connectivity index (χ0n) is 13.0. The topological polar surface area (TPSA) is 96.5 Å². The lowest BCUT2D eigenvalue weighted by Crippen LogP contribution is -2.29. The average molecular weight is 327 g/mol. The molecule has 7 heteroatoms. The molecule has 7 nitrogen and oxygen atoms in total. The minimum atomic E-state index is -0.844. The van der Waals surface area contributed by atoms with Crippen LogP contribution < -0.4 is 0 Å². The third-order valence-corrected chi connectivity index (χ3v) is 4.59. The number of carbonyl (C=O) groups is 2.